The van der Waals surface area contributed by atoms with Gasteiger partial charge in [-0.25, -0.2) is 0 Å². The molecule has 1 aliphatic heterocycles. The van der Waals surface area contributed by atoms with Gasteiger partial charge in [-0.05, 0) is 17.5 Å². The zero-order valence-corrected chi connectivity index (χ0v) is 11.0. The molecular formula is C12H13ClN2OS. The summed E-state index contributed by atoms with van der Waals surface area (Å²) in [5.41, 5.74) is 2.05. The fraction of sp³-hybridized carbons (Fsp3) is 0.250. The van der Waals surface area contributed by atoms with Gasteiger partial charge < -0.3 is 10.2 Å². The highest BCUT2D eigenvalue weighted by Gasteiger charge is 2.19. The third-order valence-electron chi connectivity index (χ3n) is 2.43. The van der Waals surface area contributed by atoms with Crippen molar-refractivity contribution in [3.63, 3.8) is 0 Å². The van der Waals surface area contributed by atoms with Crippen LogP contribution in [0.1, 0.15) is 6.92 Å². The highest BCUT2D eigenvalue weighted by atomic mass is 35.5. The molecule has 0 aromatic heterocycles. The molecule has 0 atom stereocenters. The van der Waals surface area contributed by atoms with E-state index < -0.39 is 0 Å². The van der Waals surface area contributed by atoms with Gasteiger partial charge >= 0.3 is 0 Å². The van der Waals surface area contributed by atoms with E-state index in [0.29, 0.717) is 6.54 Å². The molecule has 0 aliphatic carbocycles. The lowest BCUT2D eigenvalue weighted by Gasteiger charge is -2.22. The van der Waals surface area contributed by atoms with Crippen LogP contribution in [0.2, 0.25) is 5.02 Å². The van der Waals surface area contributed by atoms with Gasteiger partial charge in [-0.1, -0.05) is 23.7 Å². The monoisotopic (exact) mass is 268 g/mol. The largest absolute Gasteiger partial charge is 0.351 e. The number of benzene rings is 1. The summed E-state index contributed by atoms with van der Waals surface area (Å²) in [6.07, 6.45) is 0. The summed E-state index contributed by atoms with van der Waals surface area (Å²) in [4.78, 5) is 13.0. The minimum absolute atomic E-state index is 0.0260. The van der Waals surface area contributed by atoms with Crippen LogP contribution in [0, 0.1) is 0 Å². The molecule has 2 rings (SSSR count). The second kappa shape index (κ2) is 5.47. The second-order valence-corrected chi connectivity index (χ2v) is 4.93. The lowest BCUT2D eigenvalue weighted by atomic mass is 10.2. The van der Waals surface area contributed by atoms with E-state index in [2.05, 4.69) is 15.6 Å². The van der Waals surface area contributed by atoms with Gasteiger partial charge in [0.05, 0.1) is 23.1 Å². The number of amides is 1. The maximum atomic E-state index is 10.9. The number of para-hydroxylation sites is 1. The van der Waals surface area contributed by atoms with Crippen LogP contribution in [0.3, 0.4) is 0 Å². The van der Waals surface area contributed by atoms with Crippen molar-refractivity contribution in [1.82, 2.24) is 5.32 Å². The molecule has 1 aromatic rings. The lowest BCUT2D eigenvalue weighted by Crippen LogP contribution is -2.29. The van der Waals surface area contributed by atoms with Crippen molar-refractivity contribution in [2.75, 3.05) is 17.3 Å². The Morgan fingerprint density at radius 2 is 2.29 bits per heavy atom. The summed E-state index contributed by atoms with van der Waals surface area (Å²) in [5.74, 6) is 0.806. The van der Waals surface area contributed by atoms with E-state index in [9.17, 15) is 4.79 Å². The molecule has 0 radical (unpaired) electrons. The van der Waals surface area contributed by atoms with Gasteiger partial charge in [-0.3, -0.25) is 4.79 Å². The molecular weight excluding hydrogens is 256 g/mol. The first-order chi connectivity index (χ1) is 8.18. The summed E-state index contributed by atoms with van der Waals surface area (Å²) in [6, 6.07) is 7.72. The predicted octanol–water partition coefficient (Wildman–Crippen LogP) is 2.83. The molecule has 1 aromatic carbocycles. The maximum Gasteiger partial charge on any atom is 0.217 e. The Bertz CT molecular complexity index is 462. The summed E-state index contributed by atoms with van der Waals surface area (Å²) < 4.78 is 0. The first kappa shape index (κ1) is 12.3. The number of carbonyl (C=O) groups is 1. The zero-order chi connectivity index (χ0) is 12.3. The van der Waals surface area contributed by atoms with Gasteiger partial charge in [0, 0.05) is 12.6 Å². The molecule has 90 valence electrons. The Morgan fingerprint density at radius 1 is 1.53 bits per heavy atom. The van der Waals surface area contributed by atoms with Crippen molar-refractivity contribution >= 4 is 35.0 Å². The molecule has 1 heterocycles. The van der Waals surface area contributed by atoms with Crippen LogP contribution in [-0.4, -0.2) is 18.3 Å². The average molecular weight is 269 g/mol. The van der Waals surface area contributed by atoms with E-state index in [4.69, 9.17) is 11.6 Å². The number of nitrogens with zero attached hydrogens (tertiary/aromatic N) is 1. The highest BCUT2D eigenvalue weighted by Crippen LogP contribution is 2.33. The van der Waals surface area contributed by atoms with Crippen molar-refractivity contribution < 1.29 is 4.79 Å². The number of hydrogen-bond acceptors (Lipinski definition) is 3. The summed E-state index contributed by atoms with van der Waals surface area (Å²) in [5, 5.41) is 5.58. The number of halogens is 1. The van der Waals surface area contributed by atoms with E-state index in [-0.39, 0.29) is 5.91 Å². The minimum Gasteiger partial charge on any atom is -0.351 e. The number of anilines is 1. The molecule has 5 heteroatoms. The molecule has 1 amide bonds. The lowest BCUT2D eigenvalue weighted by molar-refractivity contribution is -0.118. The van der Waals surface area contributed by atoms with E-state index in [1.807, 2.05) is 24.3 Å². The third-order valence-corrected chi connectivity index (χ3v) is 3.60. The predicted molar refractivity (Wildman–Crippen MR) is 73.2 cm³/mol. The minimum atomic E-state index is -0.0260. The van der Waals surface area contributed by atoms with Gasteiger partial charge in [0.15, 0.2) is 0 Å². The molecule has 1 aliphatic rings. The Kier molecular flexibility index (Phi) is 3.97. The summed E-state index contributed by atoms with van der Waals surface area (Å²) in [7, 11) is 0. The number of hydrogen-bond donors (Lipinski definition) is 1. The van der Waals surface area contributed by atoms with Crippen LogP contribution < -0.4 is 10.2 Å². The van der Waals surface area contributed by atoms with Gasteiger partial charge in [0.1, 0.15) is 0 Å². The van der Waals surface area contributed by atoms with E-state index in [1.165, 1.54) is 6.92 Å². The SMILES string of the molecule is CC(=O)NCC1=CSCN1c1ccccc1Cl. The van der Waals surface area contributed by atoms with Gasteiger partial charge in [-0.15, -0.1) is 11.8 Å². The smallest absolute Gasteiger partial charge is 0.217 e. The van der Waals surface area contributed by atoms with Crippen molar-refractivity contribution in [2.45, 2.75) is 6.92 Å². The van der Waals surface area contributed by atoms with Crippen LogP contribution in [0.15, 0.2) is 35.4 Å². The summed E-state index contributed by atoms with van der Waals surface area (Å²) in [6.45, 7) is 2.05. The van der Waals surface area contributed by atoms with E-state index in [0.717, 1.165) is 22.3 Å². The van der Waals surface area contributed by atoms with Crippen LogP contribution in [0.4, 0.5) is 5.69 Å². The van der Waals surface area contributed by atoms with Gasteiger partial charge in [0.25, 0.3) is 0 Å². The van der Waals surface area contributed by atoms with Crippen LogP contribution in [-0.2, 0) is 4.79 Å². The molecule has 0 saturated carbocycles. The maximum absolute atomic E-state index is 10.9. The molecule has 17 heavy (non-hydrogen) atoms. The fourth-order valence-corrected chi connectivity index (χ4v) is 2.77. The van der Waals surface area contributed by atoms with Crippen molar-refractivity contribution in [3.8, 4) is 0 Å². The van der Waals surface area contributed by atoms with Gasteiger partial charge in [0.2, 0.25) is 5.91 Å². The average Bonchev–Trinajstić information content (AvgIpc) is 2.75. The Labute approximate surface area is 110 Å². The molecule has 0 fully saturated rings. The van der Waals surface area contributed by atoms with Gasteiger partial charge in [-0.2, -0.15) is 0 Å². The number of rotatable bonds is 3. The first-order valence-electron chi connectivity index (χ1n) is 5.25. The zero-order valence-electron chi connectivity index (χ0n) is 9.44. The molecule has 3 nitrogen and oxygen atoms in total. The number of nitrogens with one attached hydrogen (secondary N) is 1. The first-order valence-corrected chi connectivity index (χ1v) is 6.68. The molecule has 0 spiro atoms. The van der Waals surface area contributed by atoms with E-state index in [1.54, 1.807) is 11.8 Å². The topological polar surface area (TPSA) is 32.3 Å². The standard InChI is InChI=1S/C12H13ClN2OS/c1-9(16)14-6-10-7-17-8-15(10)12-5-3-2-4-11(12)13/h2-5,7H,6,8H2,1H3,(H,14,16). The Morgan fingerprint density at radius 3 is 3.00 bits per heavy atom. The van der Waals surface area contributed by atoms with Crippen LogP contribution in [0.25, 0.3) is 0 Å². The Balaban J connectivity index is 2.14. The van der Waals surface area contributed by atoms with Crippen molar-refractivity contribution in [3.05, 3.63) is 40.4 Å². The molecule has 0 bridgehead atoms. The van der Waals surface area contributed by atoms with Crippen molar-refractivity contribution in [1.29, 1.82) is 0 Å². The quantitative estimate of drug-likeness (QED) is 0.915. The third kappa shape index (κ3) is 2.96. The number of thioether (sulfide) groups is 1. The number of carbonyl (C=O) groups excluding carboxylic acids is 1. The Hall–Kier alpha value is -1.13. The molecule has 1 N–H and O–H groups in total. The second-order valence-electron chi connectivity index (χ2n) is 3.69. The van der Waals surface area contributed by atoms with Crippen molar-refractivity contribution in [2.24, 2.45) is 0 Å². The normalized spacial score (nSPS) is 14.7. The summed E-state index contributed by atoms with van der Waals surface area (Å²) >= 11 is 7.87. The van der Waals surface area contributed by atoms with E-state index >= 15 is 0 Å². The fourth-order valence-electron chi connectivity index (χ4n) is 1.60. The molecule has 0 unspecified atom stereocenters. The van der Waals surface area contributed by atoms with Crippen LogP contribution in [0.5, 0.6) is 0 Å². The highest BCUT2D eigenvalue weighted by molar-refractivity contribution is 8.02. The van der Waals surface area contributed by atoms with Crippen LogP contribution >= 0.6 is 23.4 Å². The molecule has 0 saturated heterocycles.